The molecule has 0 saturated heterocycles. The lowest BCUT2D eigenvalue weighted by molar-refractivity contribution is 1.41. The Morgan fingerprint density at radius 3 is 2.56 bits per heavy atom. The molecule has 0 aliphatic rings. The summed E-state index contributed by atoms with van der Waals surface area (Å²) in [6, 6.07) is 0. The topological polar surface area (TPSA) is 49.9 Å². The van der Waals surface area contributed by atoms with Gasteiger partial charge in [-0.25, -0.2) is 0 Å². The molecule has 0 rings (SSSR count). The molecular formula is C6H10N2S. The average molecular weight is 142 g/mol. The number of hydrogen-bond acceptors (Lipinski definition) is 3. The van der Waals surface area contributed by atoms with E-state index in [0.29, 0.717) is 10.6 Å². The van der Waals surface area contributed by atoms with Crippen molar-refractivity contribution in [3.8, 4) is 0 Å². The van der Waals surface area contributed by atoms with Crippen molar-refractivity contribution in [3.63, 3.8) is 0 Å². The van der Waals surface area contributed by atoms with E-state index in [2.05, 4.69) is 12.6 Å². The molecule has 50 valence electrons. The molecule has 0 unspecified atom stereocenters. The summed E-state index contributed by atoms with van der Waals surface area (Å²) in [6.07, 6.45) is 4.61. The third kappa shape index (κ3) is 2.98. The van der Waals surface area contributed by atoms with Crippen molar-refractivity contribution >= 4 is 18.8 Å². The maximum absolute atomic E-state index is 6.74. The van der Waals surface area contributed by atoms with Gasteiger partial charge >= 0.3 is 0 Å². The van der Waals surface area contributed by atoms with E-state index in [1.54, 1.807) is 12.2 Å². The van der Waals surface area contributed by atoms with Gasteiger partial charge in [-0.3, -0.25) is 0 Å². The van der Waals surface area contributed by atoms with Crippen molar-refractivity contribution in [1.29, 1.82) is 5.41 Å². The molecular weight excluding hydrogens is 132 g/mol. The Bertz CT molecular complexity index is 158. The first kappa shape index (κ1) is 8.30. The molecule has 0 amide bonds. The SMILES string of the molecule is C/C=C/C(N)=C(\S)C=N. The van der Waals surface area contributed by atoms with Crippen molar-refractivity contribution in [3.05, 3.63) is 22.8 Å². The Hall–Kier alpha value is -0.700. The van der Waals surface area contributed by atoms with Crippen LogP contribution in [0.2, 0.25) is 0 Å². The summed E-state index contributed by atoms with van der Waals surface area (Å²) >= 11 is 3.92. The van der Waals surface area contributed by atoms with Gasteiger partial charge in [-0.15, -0.1) is 12.6 Å². The van der Waals surface area contributed by atoms with E-state index >= 15 is 0 Å². The van der Waals surface area contributed by atoms with Crippen LogP contribution in [0.4, 0.5) is 0 Å². The Labute approximate surface area is 60.4 Å². The lowest BCUT2D eigenvalue weighted by Crippen LogP contribution is -1.95. The Kier molecular flexibility index (Phi) is 3.88. The number of thiol groups is 1. The fourth-order valence-corrected chi connectivity index (χ4v) is 0.423. The van der Waals surface area contributed by atoms with Crippen molar-refractivity contribution in [1.82, 2.24) is 0 Å². The molecule has 0 aliphatic carbocycles. The van der Waals surface area contributed by atoms with Crippen molar-refractivity contribution in [2.75, 3.05) is 0 Å². The van der Waals surface area contributed by atoms with Crippen LogP contribution in [-0.2, 0) is 0 Å². The van der Waals surface area contributed by atoms with Crippen LogP contribution in [0.1, 0.15) is 6.92 Å². The molecule has 0 saturated carbocycles. The number of rotatable bonds is 2. The zero-order valence-electron chi connectivity index (χ0n) is 5.26. The molecule has 2 nitrogen and oxygen atoms in total. The van der Waals surface area contributed by atoms with Gasteiger partial charge in [0, 0.05) is 16.8 Å². The van der Waals surface area contributed by atoms with Gasteiger partial charge in [0.05, 0.1) is 0 Å². The van der Waals surface area contributed by atoms with Gasteiger partial charge in [-0.2, -0.15) is 0 Å². The van der Waals surface area contributed by atoms with E-state index in [4.69, 9.17) is 11.1 Å². The van der Waals surface area contributed by atoms with Crippen LogP contribution < -0.4 is 5.73 Å². The highest BCUT2D eigenvalue weighted by Crippen LogP contribution is 2.00. The van der Waals surface area contributed by atoms with Gasteiger partial charge in [-0.1, -0.05) is 6.08 Å². The molecule has 0 aromatic heterocycles. The quantitative estimate of drug-likeness (QED) is 0.304. The Morgan fingerprint density at radius 1 is 1.67 bits per heavy atom. The molecule has 0 aliphatic heterocycles. The summed E-state index contributed by atoms with van der Waals surface area (Å²) in [6.45, 7) is 1.86. The highest BCUT2D eigenvalue weighted by molar-refractivity contribution is 7.85. The monoisotopic (exact) mass is 142 g/mol. The summed E-state index contributed by atoms with van der Waals surface area (Å²) in [5.41, 5.74) is 5.93. The first-order valence-corrected chi connectivity index (χ1v) is 2.99. The van der Waals surface area contributed by atoms with Crippen LogP contribution in [0.5, 0.6) is 0 Å². The Morgan fingerprint density at radius 2 is 2.22 bits per heavy atom. The molecule has 3 N–H and O–H groups in total. The summed E-state index contributed by atoms with van der Waals surface area (Å²) < 4.78 is 0. The predicted octanol–water partition coefficient (Wildman–Crippen LogP) is 1.31. The largest absolute Gasteiger partial charge is 0.398 e. The van der Waals surface area contributed by atoms with Crippen LogP contribution in [0.25, 0.3) is 0 Å². The maximum atomic E-state index is 6.74. The van der Waals surface area contributed by atoms with Gasteiger partial charge in [0.25, 0.3) is 0 Å². The summed E-state index contributed by atoms with van der Waals surface area (Å²) in [5.74, 6) is 0. The predicted molar refractivity (Wildman–Crippen MR) is 43.8 cm³/mol. The molecule has 0 spiro atoms. The normalized spacial score (nSPS) is 13.6. The van der Waals surface area contributed by atoms with E-state index in [0.717, 1.165) is 6.21 Å². The van der Waals surface area contributed by atoms with Gasteiger partial charge in [-0.05, 0) is 13.0 Å². The van der Waals surface area contributed by atoms with E-state index in [1.807, 2.05) is 6.92 Å². The van der Waals surface area contributed by atoms with E-state index in [9.17, 15) is 0 Å². The van der Waals surface area contributed by atoms with Gasteiger partial charge in [0.1, 0.15) is 0 Å². The fraction of sp³-hybridized carbons (Fsp3) is 0.167. The number of hydrogen-bond donors (Lipinski definition) is 3. The second kappa shape index (κ2) is 4.21. The van der Waals surface area contributed by atoms with Gasteiger partial charge < -0.3 is 11.1 Å². The summed E-state index contributed by atoms with van der Waals surface area (Å²) in [7, 11) is 0. The molecule has 0 radical (unpaired) electrons. The average Bonchev–Trinajstić information content (AvgIpc) is 1.87. The third-order valence-corrected chi connectivity index (χ3v) is 1.17. The third-order valence-electron chi connectivity index (χ3n) is 0.779. The van der Waals surface area contributed by atoms with Crippen molar-refractivity contribution < 1.29 is 0 Å². The molecule has 0 atom stereocenters. The zero-order chi connectivity index (χ0) is 7.28. The van der Waals surface area contributed by atoms with Crippen LogP contribution in [0.3, 0.4) is 0 Å². The van der Waals surface area contributed by atoms with Crippen molar-refractivity contribution in [2.24, 2.45) is 5.73 Å². The van der Waals surface area contributed by atoms with Crippen LogP contribution in [0.15, 0.2) is 22.8 Å². The first-order chi connectivity index (χ1) is 4.22. The highest BCUT2D eigenvalue weighted by atomic mass is 32.1. The summed E-state index contributed by atoms with van der Waals surface area (Å²) in [5, 5.41) is 6.74. The van der Waals surface area contributed by atoms with Gasteiger partial charge in [0.2, 0.25) is 0 Å². The van der Waals surface area contributed by atoms with Crippen molar-refractivity contribution in [2.45, 2.75) is 6.92 Å². The second-order valence-corrected chi connectivity index (χ2v) is 1.97. The molecule has 0 bridgehead atoms. The minimum Gasteiger partial charge on any atom is -0.398 e. The molecule has 9 heavy (non-hydrogen) atoms. The van der Waals surface area contributed by atoms with Gasteiger partial charge in [0.15, 0.2) is 0 Å². The maximum Gasteiger partial charge on any atom is 0.0461 e. The number of nitrogens with one attached hydrogen (secondary N) is 1. The lowest BCUT2D eigenvalue weighted by atomic mass is 10.4. The molecule has 3 heteroatoms. The minimum atomic E-state index is 0.494. The molecule has 0 aromatic rings. The number of allylic oxidation sites excluding steroid dienone is 3. The summed E-state index contributed by atoms with van der Waals surface area (Å²) in [4.78, 5) is 0.494. The van der Waals surface area contributed by atoms with Crippen LogP contribution in [-0.4, -0.2) is 6.21 Å². The smallest absolute Gasteiger partial charge is 0.0461 e. The standard InChI is InChI=1S/C6H10N2S/c1-2-3-5(8)6(9)4-7/h2-4,7,9H,8H2,1H3/b3-2+,6-5+,7-4?. The van der Waals surface area contributed by atoms with E-state index in [1.165, 1.54) is 0 Å². The van der Waals surface area contributed by atoms with Crippen LogP contribution >= 0.6 is 12.6 Å². The molecule has 0 aromatic carbocycles. The molecule has 0 heterocycles. The number of nitrogens with two attached hydrogens (primary N) is 1. The van der Waals surface area contributed by atoms with E-state index in [-0.39, 0.29) is 0 Å². The van der Waals surface area contributed by atoms with Crippen LogP contribution in [0, 0.1) is 5.41 Å². The second-order valence-electron chi connectivity index (χ2n) is 1.48. The molecule has 0 fully saturated rings. The Balaban J connectivity index is 4.27. The first-order valence-electron chi connectivity index (χ1n) is 2.54. The lowest BCUT2D eigenvalue weighted by Gasteiger charge is -1.92. The zero-order valence-corrected chi connectivity index (χ0v) is 6.15. The highest BCUT2D eigenvalue weighted by Gasteiger charge is 1.86. The fourth-order valence-electron chi connectivity index (χ4n) is 0.348. The van der Waals surface area contributed by atoms with E-state index < -0.39 is 0 Å². The minimum absolute atomic E-state index is 0.494.